The van der Waals surface area contributed by atoms with E-state index in [0.29, 0.717) is 5.69 Å². The van der Waals surface area contributed by atoms with Crippen molar-refractivity contribution in [1.29, 1.82) is 0 Å². The van der Waals surface area contributed by atoms with Crippen LogP contribution < -0.4 is 5.32 Å². The van der Waals surface area contributed by atoms with Gasteiger partial charge in [-0.2, -0.15) is 0 Å². The van der Waals surface area contributed by atoms with Gasteiger partial charge in [-0.15, -0.1) is 0 Å². The molecule has 0 spiro atoms. The summed E-state index contributed by atoms with van der Waals surface area (Å²) in [6.45, 7) is 1.49. The number of carbonyl (C=O) groups excluding carboxylic acids is 2. The fraction of sp³-hybridized carbons (Fsp3) is 0.176. The summed E-state index contributed by atoms with van der Waals surface area (Å²) in [5.41, 5.74) is 0.764. The summed E-state index contributed by atoms with van der Waals surface area (Å²) in [7, 11) is 1.31. The highest BCUT2D eigenvalue weighted by atomic mass is 79.9. The second-order valence-electron chi connectivity index (χ2n) is 5.27. The van der Waals surface area contributed by atoms with Gasteiger partial charge in [0.25, 0.3) is 5.91 Å². The predicted octanol–water partition coefficient (Wildman–Crippen LogP) is 3.75. The molecule has 2 rings (SSSR count). The van der Waals surface area contributed by atoms with E-state index in [0.717, 1.165) is 27.1 Å². The van der Waals surface area contributed by atoms with Crippen molar-refractivity contribution >= 4 is 33.4 Å². The van der Waals surface area contributed by atoms with Gasteiger partial charge < -0.3 is 10.2 Å². The summed E-state index contributed by atoms with van der Waals surface area (Å²) >= 11 is 3.32. The van der Waals surface area contributed by atoms with Crippen LogP contribution in [-0.2, 0) is 4.79 Å². The van der Waals surface area contributed by atoms with Crippen LogP contribution in [0.5, 0.6) is 0 Å². The maximum atomic E-state index is 13.6. The monoisotopic (exact) mass is 396 g/mol. The van der Waals surface area contributed by atoms with Crippen molar-refractivity contribution in [3.05, 3.63) is 63.6 Å². The van der Waals surface area contributed by atoms with Crippen LogP contribution in [0.4, 0.5) is 14.5 Å². The van der Waals surface area contributed by atoms with Crippen molar-refractivity contribution in [1.82, 2.24) is 4.90 Å². The Balaban J connectivity index is 2.07. The van der Waals surface area contributed by atoms with Gasteiger partial charge in [0, 0.05) is 17.2 Å². The molecular formula is C17H15BrF2N2O2. The third-order valence-electron chi connectivity index (χ3n) is 3.37. The van der Waals surface area contributed by atoms with Crippen LogP contribution >= 0.6 is 15.9 Å². The minimum Gasteiger partial charge on any atom is -0.332 e. The molecule has 0 unspecified atom stereocenters. The van der Waals surface area contributed by atoms with Crippen LogP contribution in [0.15, 0.2) is 40.9 Å². The molecule has 0 aliphatic rings. The quantitative estimate of drug-likeness (QED) is 0.855. The maximum Gasteiger partial charge on any atom is 0.260 e. The summed E-state index contributed by atoms with van der Waals surface area (Å²) in [6, 6.07) is 8.48. The van der Waals surface area contributed by atoms with Gasteiger partial charge in [0.05, 0.1) is 6.54 Å². The third-order valence-corrected chi connectivity index (χ3v) is 3.86. The lowest BCUT2D eigenvalue weighted by atomic mass is 10.1. The number of nitrogens with one attached hydrogen (secondary N) is 1. The summed E-state index contributed by atoms with van der Waals surface area (Å²) in [5, 5.41) is 2.66. The Hall–Kier alpha value is -2.28. The number of nitrogens with zero attached hydrogens (tertiary/aromatic N) is 1. The van der Waals surface area contributed by atoms with Crippen LogP contribution in [0.1, 0.15) is 15.9 Å². The van der Waals surface area contributed by atoms with Crippen LogP contribution in [0.2, 0.25) is 0 Å². The minimum absolute atomic E-state index is 0.331. The molecule has 0 saturated carbocycles. The molecule has 126 valence electrons. The highest BCUT2D eigenvalue weighted by Gasteiger charge is 2.22. The maximum absolute atomic E-state index is 13.6. The topological polar surface area (TPSA) is 49.4 Å². The molecule has 24 heavy (non-hydrogen) atoms. The number of amides is 2. The van der Waals surface area contributed by atoms with Crippen LogP contribution in [0.25, 0.3) is 0 Å². The molecule has 0 radical (unpaired) electrons. The molecule has 2 amide bonds. The SMILES string of the molecule is Cc1cc(Br)ccc1NC(=O)CN(C)C(=O)c1c(F)cccc1F. The average molecular weight is 397 g/mol. The molecule has 0 aliphatic heterocycles. The Labute approximate surface area is 146 Å². The second-order valence-corrected chi connectivity index (χ2v) is 6.18. The summed E-state index contributed by atoms with van der Waals surface area (Å²) < 4.78 is 28.2. The van der Waals surface area contributed by atoms with E-state index in [2.05, 4.69) is 21.2 Å². The number of likely N-dealkylation sites (N-methyl/N-ethyl adjacent to an activating group) is 1. The molecule has 7 heteroatoms. The molecule has 0 fully saturated rings. The van der Waals surface area contributed by atoms with E-state index in [1.807, 2.05) is 13.0 Å². The first-order chi connectivity index (χ1) is 11.3. The Bertz CT molecular complexity index is 776. The van der Waals surface area contributed by atoms with Gasteiger partial charge in [-0.1, -0.05) is 22.0 Å². The van der Waals surface area contributed by atoms with Gasteiger partial charge in [0.1, 0.15) is 17.2 Å². The molecule has 0 aromatic heterocycles. The molecule has 0 saturated heterocycles. The van der Waals surface area contributed by atoms with Gasteiger partial charge in [-0.25, -0.2) is 8.78 Å². The van der Waals surface area contributed by atoms with E-state index < -0.39 is 29.0 Å². The highest BCUT2D eigenvalue weighted by Crippen LogP contribution is 2.20. The molecule has 2 aromatic carbocycles. The van der Waals surface area contributed by atoms with Crippen molar-refractivity contribution in [3.8, 4) is 0 Å². The number of halogens is 3. The van der Waals surface area contributed by atoms with Gasteiger partial charge in [-0.3, -0.25) is 9.59 Å². The van der Waals surface area contributed by atoms with Gasteiger partial charge in [-0.05, 0) is 42.8 Å². The molecule has 0 aliphatic carbocycles. The molecule has 0 bridgehead atoms. The molecular weight excluding hydrogens is 382 g/mol. The number of anilines is 1. The normalized spacial score (nSPS) is 10.4. The average Bonchev–Trinajstić information content (AvgIpc) is 2.49. The number of hydrogen-bond acceptors (Lipinski definition) is 2. The Morgan fingerprint density at radius 2 is 1.79 bits per heavy atom. The summed E-state index contributed by atoms with van der Waals surface area (Å²) in [4.78, 5) is 25.2. The minimum atomic E-state index is -0.962. The summed E-state index contributed by atoms with van der Waals surface area (Å²) in [6.07, 6.45) is 0. The largest absolute Gasteiger partial charge is 0.332 e. The van der Waals surface area contributed by atoms with E-state index in [1.165, 1.54) is 13.1 Å². The van der Waals surface area contributed by atoms with Crippen LogP contribution in [0.3, 0.4) is 0 Å². The lowest BCUT2D eigenvalue weighted by molar-refractivity contribution is -0.116. The standard InChI is InChI=1S/C17H15BrF2N2O2/c1-10-8-11(18)6-7-14(10)21-15(23)9-22(2)17(24)16-12(19)4-3-5-13(16)20/h3-8H,9H2,1-2H3,(H,21,23). The fourth-order valence-electron chi connectivity index (χ4n) is 2.14. The lowest BCUT2D eigenvalue weighted by Crippen LogP contribution is -2.36. The van der Waals surface area contributed by atoms with Crippen molar-refractivity contribution in [2.24, 2.45) is 0 Å². The first-order valence-electron chi connectivity index (χ1n) is 7.05. The van der Waals surface area contributed by atoms with Crippen LogP contribution in [-0.4, -0.2) is 30.3 Å². The lowest BCUT2D eigenvalue weighted by Gasteiger charge is -2.18. The molecule has 0 atom stereocenters. The van der Waals surface area contributed by atoms with Crippen LogP contribution in [0, 0.1) is 18.6 Å². The first-order valence-corrected chi connectivity index (χ1v) is 7.84. The zero-order valence-electron chi connectivity index (χ0n) is 13.1. The van der Waals surface area contributed by atoms with E-state index in [-0.39, 0.29) is 6.54 Å². The van der Waals surface area contributed by atoms with Crippen molar-refractivity contribution < 1.29 is 18.4 Å². The Morgan fingerprint density at radius 1 is 1.17 bits per heavy atom. The predicted molar refractivity (Wildman–Crippen MR) is 90.8 cm³/mol. The molecule has 0 heterocycles. The van der Waals surface area contributed by atoms with E-state index in [1.54, 1.807) is 12.1 Å². The van der Waals surface area contributed by atoms with Gasteiger partial charge in [0.15, 0.2) is 0 Å². The zero-order valence-corrected chi connectivity index (χ0v) is 14.7. The summed E-state index contributed by atoms with van der Waals surface area (Å²) in [5.74, 6) is -3.28. The van der Waals surface area contributed by atoms with Gasteiger partial charge in [0.2, 0.25) is 5.91 Å². The zero-order chi connectivity index (χ0) is 17.9. The smallest absolute Gasteiger partial charge is 0.260 e. The van der Waals surface area contributed by atoms with Gasteiger partial charge >= 0.3 is 0 Å². The number of rotatable bonds is 4. The number of hydrogen-bond donors (Lipinski definition) is 1. The van der Waals surface area contributed by atoms with Crippen molar-refractivity contribution in [2.75, 3.05) is 18.9 Å². The molecule has 2 aromatic rings. The fourth-order valence-corrected chi connectivity index (χ4v) is 2.61. The van der Waals surface area contributed by atoms with E-state index in [4.69, 9.17) is 0 Å². The van der Waals surface area contributed by atoms with E-state index >= 15 is 0 Å². The second kappa shape index (κ2) is 7.53. The highest BCUT2D eigenvalue weighted by molar-refractivity contribution is 9.10. The van der Waals surface area contributed by atoms with Crippen molar-refractivity contribution in [3.63, 3.8) is 0 Å². The van der Waals surface area contributed by atoms with Crippen molar-refractivity contribution in [2.45, 2.75) is 6.92 Å². The third kappa shape index (κ3) is 4.17. The first kappa shape index (κ1) is 18.1. The number of benzene rings is 2. The Morgan fingerprint density at radius 3 is 2.38 bits per heavy atom. The number of aryl methyl sites for hydroxylation is 1. The van der Waals surface area contributed by atoms with E-state index in [9.17, 15) is 18.4 Å². The Kier molecular flexibility index (Phi) is 5.66. The molecule has 1 N–H and O–H groups in total. The molecule has 4 nitrogen and oxygen atoms in total. The number of carbonyl (C=O) groups is 2.